The van der Waals surface area contributed by atoms with Crippen LogP contribution in [0.2, 0.25) is 0 Å². The SMILES string of the molecule is NCCCCCNC(=O)C1C2CCCCC21. The molecule has 2 unspecified atom stereocenters. The van der Waals surface area contributed by atoms with E-state index in [0.717, 1.165) is 44.2 Å². The van der Waals surface area contributed by atoms with Gasteiger partial charge in [-0.3, -0.25) is 4.79 Å². The second-order valence-electron chi connectivity index (χ2n) is 5.28. The Morgan fingerprint density at radius 1 is 1.12 bits per heavy atom. The molecule has 0 bridgehead atoms. The Balaban J connectivity index is 1.58. The third-order valence-electron chi connectivity index (χ3n) is 4.14. The fraction of sp³-hybridized carbons (Fsp3) is 0.923. The quantitative estimate of drug-likeness (QED) is 0.674. The van der Waals surface area contributed by atoms with Crippen molar-refractivity contribution in [1.82, 2.24) is 5.32 Å². The number of nitrogens with two attached hydrogens (primary N) is 1. The van der Waals surface area contributed by atoms with Crippen molar-refractivity contribution in [2.45, 2.75) is 44.9 Å². The molecule has 0 aliphatic heterocycles. The molecule has 2 rings (SSSR count). The number of hydrogen-bond donors (Lipinski definition) is 2. The van der Waals surface area contributed by atoms with Crippen molar-refractivity contribution < 1.29 is 4.79 Å². The molecule has 16 heavy (non-hydrogen) atoms. The molecule has 1 amide bonds. The highest BCUT2D eigenvalue weighted by Crippen LogP contribution is 2.55. The lowest BCUT2D eigenvalue weighted by atomic mass is 10.0. The van der Waals surface area contributed by atoms with Gasteiger partial charge in [0.15, 0.2) is 0 Å². The predicted octanol–water partition coefficient (Wildman–Crippen LogP) is 1.67. The Labute approximate surface area is 98.2 Å². The van der Waals surface area contributed by atoms with E-state index in [1.807, 2.05) is 0 Å². The second-order valence-corrected chi connectivity index (χ2v) is 5.28. The van der Waals surface area contributed by atoms with Crippen molar-refractivity contribution >= 4 is 5.91 Å². The molecule has 0 spiro atoms. The molecule has 2 saturated carbocycles. The molecular formula is C13H24N2O. The van der Waals surface area contributed by atoms with Gasteiger partial charge < -0.3 is 11.1 Å². The zero-order valence-electron chi connectivity index (χ0n) is 10.1. The van der Waals surface area contributed by atoms with E-state index in [-0.39, 0.29) is 0 Å². The van der Waals surface area contributed by atoms with Crippen LogP contribution in [0.15, 0.2) is 0 Å². The summed E-state index contributed by atoms with van der Waals surface area (Å²) in [7, 11) is 0. The Kier molecular flexibility index (Phi) is 4.22. The normalized spacial score (nSPS) is 31.9. The van der Waals surface area contributed by atoms with Crippen molar-refractivity contribution in [3.8, 4) is 0 Å². The number of rotatable bonds is 6. The minimum atomic E-state index is 0.324. The molecule has 0 saturated heterocycles. The number of hydrogen-bond acceptors (Lipinski definition) is 2. The van der Waals surface area contributed by atoms with Crippen LogP contribution >= 0.6 is 0 Å². The molecule has 0 aromatic heterocycles. The lowest BCUT2D eigenvalue weighted by Gasteiger charge is -2.04. The Bertz CT molecular complexity index is 230. The monoisotopic (exact) mass is 224 g/mol. The lowest BCUT2D eigenvalue weighted by Crippen LogP contribution is -2.27. The molecule has 0 radical (unpaired) electrons. The van der Waals surface area contributed by atoms with E-state index in [1.165, 1.54) is 25.7 Å². The fourth-order valence-electron chi connectivity index (χ4n) is 3.16. The van der Waals surface area contributed by atoms with Crippen LogP contribution in [0, 0.1) is 17.8 Å². The summed E-state index contributed by atoms with van der Waals surface area (Å²) in [5.74, 6) is 2.16. The highest BCUT2D eigenvalue weighted by Gasteiger charge is 2.54. The van der Waals surface area contributed by atoms with E-state index < -0.39 is 0 Å². The van der Waals surface area contributed by atoms with Gasteiger partial charge in [-0.2, -0.15) is 0 Å². The molecule has 2 atom stereocenters. The lowest BCUT2D eigenvalue weighted by molar-refractivity contribution is -0.122. The first-order valence-electron chi connectivity index (χ1n) is 6.82. The molecule has 2 fully saturated rings. The van der Waals surface area contributed by atoms with Gasteiger partial charge in [0.25, 0.3) is 0 Å². The van der Waals surface area contributed by atoms with Crippen molar-refractivity contribution in [2.75, 3.05) is 13.1 Å². The van der Waals surface area contributed by atoms with Crippen molar-refractivity contribution in [3.63, 3.8) is 0 Å². The number of fused-ring (bicyclic) bond motifs is 1. The maximum absolute atomic E-state index is 11.9. The number of unbranched alkanes of at least 4 members (excludes halogenated alkanes) is 2. The van der Waals surface area contributed by atoms with E-state index in [2.05, 4.69) is 5.32 Å². The molecule has 0 heterocycles. The van der Waals surface area contributed by atoms with Crippen molar-refractivity contribution in [1.29, 1.82) is 0 Å². The van der Waals surface area contributed by atoms with E-state index in [9.17, 15) is 4.79 Å². The Morgan fingerprint density at radius 3 is 2.44 bits per heavy atom. The van der Waals surface area contributed by atoms with Crippen molar-refractivity contribution in [2.24, 2.45) is 23.5 Å². The van der Waals surface area contributed by atoms with Crippen LogP contribution in [-0.2, 0) is 4.79 Å². The zero-order chi connectivity index (χ0) is 11.4. The third kappa shape index (κ3) is 2.76. The van der Waals surface area contributed by atoms with Gasteiger partial charge in [0.1, 0.15) is 0 Å². The smallest absolute Gasteiger partial charge is 0.223 e. The molecule has 92 valence electrons. The maximum Gasteiger partial charge on any atom is 0.223 e. The predicted molar refractivity (Wildman–Crippen MR) is 64.9 cm³/mol. The summed E-state index contributed by atoms with van der Waals surface area (Å²) < 4.78 is 0. The largest absolute Gasteiger partial charge is 0.356 e. The molecule has 2 aliphatic rings. The van der Waals surface area contributed by atoms with Crippen LogP contribution < -0.4 is 11.1 Å². The molecule has 3 nitrogen and oxygen atoms in total. The van der Waals surface area contributed by atoms with Crippen LogP contribution in [0.25, 0.3) is 0 Å². The van der Waals surface area contributed by atoms with Crippen LogP contribution in [0.5, 0.6) is 0 Å². The summed E-state index contributed by atoms with van der Waals surface area (Å²) in [6, 6.07) is 0. The summed E-state index contributed by atoms with van der Waals surface area (Å²) in [5, 5.41) is 3.08. The van der Waals surface area contributed by atoms with E-state index in [0.29, 0.717) is 11.8 Å². The first kappa shape index (κ1) is 11.9. The van der Waals surface area contributed by atoms with Gasteiger partial charge in [-0.1, -0.05) is 19.3 Å². The van der Waals surface area contributed by atoms with Gasteiger partial charge in [-0.05, 0) is 44.1 Å². The first-order chi connectivity index (χ1) is 7.84. The number of nitrogens with one attached hydrogen (secondary N) is 1. The highest BCUT2D eigenvalue weighted by atomic mass is 16.2. The molecular weight excluding hydrogens is 200 g/mol. The summed E-state index contributed by atoms with van der Waals surface area (Å²) in [5.41, 5.74) is 5.42. The van der Waals surface area contributed by atoms with Crippen LogP contribution in [-0.4, -0.2) is 19.0 Å². The Hall–Kier alpha value is -0.570. The molecule has 2 aliphatic carbocycles. The minimum absolute atomic E-state index is 0.324. The number of carbonyl (C=O) groups excluding carboxylic acids is 1. The van der Waals surface area contributed by atoms with Gasteiger partial charge in [0, 0.05) is 12.5 Å². The summed E-state index contributed by atoms with van der Waals surface area (Å²) in [6.45, 7) is 1.61. The molecule has 3 N–H and O–H groups in total. The highest BCUT2D eigenvalue weighted by molar-refractivity contribution is 5.82. The topological polar surface area (TPSA) is 55.1 Å². The van der Waals surface area contributed by atoms with E-state index >= 15 is 0 Å². The summed E-state index contributed by atoms with van der Waals surface area (Å²) in [4.78, 5) is 11.9. The standard InChI is InChI=1S/C13H24N2O/c14-8-4-1-5-9-15-13(16)12-10-6-2-3-7-11(10)12/h10-12H,1-9,14H2,(H,15,16). The van der Waals surface area contributed by atoms with Gasteiger partial charge in [0.2, 0.25) is 5.91 Å². The fourth-order valence-corrected chi connectivity index (χ4v) is 3.16. The molecule has 0 aromatic carbocycles. The summed E-state index contributed by atoms with van der Waals surface area (Å²) in [6.07, 6.45) is 8.53. The van der Waals surface area contributed by atoms with Gasteiger partial charge in [0.05, 0.1) is 0 Å². The van der Waals surface area contributed by atoms with Crippen molar-refractivity contribution in [3.05, 3.63) is 0 Å². The number of carbonyl (C=O) groups is 1. The van der Waals surface area contributed by atoms with Gasteiger partial charge in [-0.25, -0.2) is 0 Å². The molecule has 3 heteroatoms. The van der Waals surface area contributed by atoms with Crippen LogP contribution in [0.3, 0.4) is 0 Å². The third-order valence-corrected chi connectivity index (χ3v) is 4.14. The minimum Gasteiger partial charge on any atom is -0.356 e. The second kappa shape index (κ2) is 5.67. The van der Waals surface area contributed by atoms with Crippen LogP contribution in [0.4, 0.5) is 0 Å². The van der Waals surface area contributed by atoms with Crippen LogP contribution in [0.1, 0.15) is 44.9 Å². The van der Waals surface area contributed by atoms with Gasteiger partial charge >= 0.3 is 0 Å². The summed E-state index contributed by atoms with van der Waals surface area (Å²) >= 11 is 0. The average molecular weight is 224 g/mol. The molecule has 0 aromatic rings. The zero-order valence-corrected chi connectivity index (χ0v) is 10.1. The van der Waals surface area contributed by atoms with Gasteiger partial charge in [-0.15, -0.1) is 0 Å². The average Bonchev–Trinajstić information content (AvgIpc) is 3.02. The number of amides is 1. The first-order valence-corrected chi connectivity index (χ1v) is 6.82. The van der Waals surface area contributed by atoms with E-state index in [1.54, 1.807) is 0 Å². The Morgan fingerprint density at radius 2 is 1.81 bits per heavy atom. The van der Waals surface area contributed by atoms with E-state index in [4.69, 9.17) is 5.73 Å². The maximum atomic E-state index is 11.9.